The molecule has 0 aliphatic carbocycles. The lowest BCUT2D eigenvalue weighted by Crippen LogP contribution is -2.17. The number of rotatable bonds is 10. The molecule has 0 aromatic carbocycles. The van der Waals surface area contributed by atoms with Crippen LogP contribution in [0.3, 0.4) is 0 Å². The molecule has 4 heteroatoms. The summed E-state index contributed by atoms with van der Waals surface area (Å²) >= 11 is 0. The van der Waals surface area contributed by atoms with Crippen LogP contribution >= 0.6 is 0 Å². The normalized spacial score (nSPS) is 11.1. The molecule has 104 valence electrons. The highest BCUT2D eigenvalue weighted by molar-refractivity contribution is 5.10. The molecule has 2 N–H and O–H groups in total. The minimum Gasteiger partial charge on any atom is -0.396 e. The fourth-order valence-corrected chi connectivity index (χ4v) is 2.04. The summed E-state index contributed by atoms with van der Waals surface area (Å²) in [7, 11) is 0. The number of nitrogens with one attached hydrogen (secondary N) is 1. The first kappa shape index (κ1) is 15.2. The van der Waals surface area contributed by atoms with Gasteiger partial charge in [0, 0.05) is 19.7 Å². The number of aliphatic hydroxyl groups excluding tert-OH is 1. The van der Waals surface area contributed by atoms with Gasteiger partial charge in [0.25, 0.3) is 0 Å². The molecule has 0 aliphatic rings. The van der Waals surface area contributed by atoms with E-state index in [0.717, 1.165) is 38.9 Å². The van der Waals surface area contributed by atoms with Gasteiger partial charge in [-0.1, -0.05) is 19.8 Å². The van der Waals surface area contributed by atoms with Gasteiger partial charge in [0.1, 0.15) is 0 Å². The van der Waals surface area contributed by atoms with Gasteiger partial charge in [-0.2, -0.15) is 5.10 Å². The molecule has 0 radical (unpaired) electrons. The lowest BCUT2D eigenvalue weighted by Gasteiger charge is -2.06. The van der Waals surface area contributed by atoms with Crippen LogP contribution in [0.25, 0.3) is 0 Å². The Morgan fingerprint density at radius 1 is 1.22 bits per heavy atom. The summed E-state index contributed by atoms with van der Waals surface area (Å²) in [5, 5.41) is 16.7. The molecule has 0 amide bonds. The molecule has 0 aliphatic heterocycles. The summed E-state index contributed by atoms with van der Waals surface area (Å²) in [4.78, 5) is 0. The minimum atomic E-state index is 0.322. The van der Waals surface area contributed by atoms with Crippen molar-refractivity contribution in [3.05, 3.63) is 17.5 Å². The number of hydrogen-bond acceptors (Lipinski definition) is 3. The largest absolute Gasteiger partial charge is 0.396 e. The second-order valence-electron chi connectivity index (χ2n) is 4.61. The minimum absolute atomic E-state index is 0.322. The average molecular weight is 253 g/mol. The summed E-state index contributed by atoms with van der Waals surface area (Å²) in [5.41, 5.74) is 2.46. The molecule has 0 bridgehead atoms. The quantitative estimate of drug-likeness (QED) is 0.628. The van der Waals surface area contributed by atoms with Crippen molar-refractivity contribution in [2.24, 2.45) is 0 Å². The maximum absolute atomic E-state index is 8.68. The van der Waals surface area contributed by atoms with E-state index in [2.05, 4.69) is 35.0 Å². The first-order valence-corrected chi connectivity index (χ1v) is 7.19. The Kier molecular flexibility index (Phi) is 7.69. The van der Waals surface area contributed by atoms with E-state index in [0.29, 0.717) is 6.61 Å². The third-order valence-electron chi connectivity index (χ3n) is 3.14. The summed E-state index contributed by atoms with van der Waals surface area (Å²) in [6.07, 6.45) is 5.44. The Labute approximate surface area is 110 Å². The van der Waals surface area contributed by atoms with E-state index < -0.39 is 0 Å². The lowest BCUT2D eigenvalue weighted by atomic mass is 10.2. The second kappa shape index (κ2) is 9.11. The van der Waals surface area contributed by atoms with Crippen LogP contribution < -0.4 is 5.32 Å². The standard InChI is InChI=1S/C14H27N3O/c1-3-13-11-14(17(4-2)16-13)12-15-9-7-5-6-8-10-18/h11,15,18H,3-10,12H2,1-2H3. The predicted octanol–water partition coefficient (Wildman–Crippen LogP) is 2.11. The summed E-state index contributed by atoms with van der Waals surface area (Å²) < 4.78 is 2.08. The van der Waals surface area contributed by atoms with Crippen molar-refractivity contribution in [2.75, 3.05) is 13.2 Å². The van der Waals surface area contributed by atoms with Crippen molar-refractivity contribution in [2.45, 2.75) is 59.0 Å². The maximum Gasteiger partial charge on any atom is 0.0625 e. The van der Waals surface area contributed by atoms with Gasteiger partial charge in [-0.3, -0.25) is 4.68 Å². The highest BCUT2D eigenvalue weighted by Gasteiger charge is 2.04. The molecule has 0 saturated heterocycles. The number of nitrogens with zero attached hydrogens (tertiary/aromatic N) is 2. The molecule has 0 atom stereocenters. The van der Waals surface area contributed by atoms with Crippen LogP contribution in [0.2, 0.25) is 0 Å². The molecule has 0 fully saturated rings. The monoisotopic (exact) mass is 253 g/mol. The van der Waals surface area contributed by atoms with Crippen LogP contribution in [0.15, 0.2) is 6.07 Å². The summed E-state index contributed by atoms with van der Waals surface area (Å²) in [6.45, 7) is 7.48. The molecule has 1 aromatic rings. The van der Waals surface area contributed by atoms with Crippen LogP contribution in [0.4, 0.5) is 0 Å². The van der Waals surface area contributed by atoms with E-state index >= 15 is 0 Å². The SMILES string of the molecule is CCc1cc(CNCCCCCCO)n(CC)n1. The zero-order chi connectivity index (χ0) is 13.2. The van der Waals surface area contributed by atoms with E-state index in [1.54, 1.807) is 0 Å². The van der Waals surface area contributed by atoms with Crippen molar-refractivity contribution in [3.8, 4) is 0 Å². The second-order valence-corrected chi connectivity index (χ2v) is 4.61. The fourth-order valence-electron chi connectivity index (χ4n) is 2.04. The fraction of sp³-hybridized carbons (Fsp3) is 0.786. The van der Waals surface area contributed by atoms with Gasteiger partial charge in [-0.15, -0.1) is 0 Å². The molecular formula is C14H27N3O. The zero-order valence-electron chi connectivity index (χ0n) is 11.8. The molecule has 4 nitrogen and oxygen atoms in total. The van der Waals surface area contributed by atoms with Crippen LogP contribution in [-0.2, 0) is 19.5 Å². The number of hydrogen-bond donors (Lipinski definition) is 2. The molecule has 0 saturated carbocycles. The number of aryl methyl sites for hydroxylation is 2. The van der Waals surface area contributed by atoms with Crippen LogP contribution in [0.5, 0.6) is 0 Å². The predicted molar refractivity (Wildman–Crippen MR) is 74.5 cm³/mol. The van der Waals surface area contributed by atoms with Gasteiger partial charge in [-0.25, -0.2) is 0 Å². The molecule has 1 rings (SSSR count). The third-order valence-corrected chi connectivity index (χ3v) is 3.14. The van der Waals surface area contributed by atoms with E-state index in [9.17, 15) is 0 Å². The first-order valence-electron chi connectivity index (χ1n) is 7.19. The van der Waals surface area contributed by atoms with Gasteiger partial charge in [-0.05, 0) is 38.8 Å². The van der Waals surface area contributed by atoms with E-state index in [1.807, 2.05) is 0 Å². The Bertz CT molecular complexity index is 323. The summed E-state index contributed by atoms with van der Waals surface area (Å²) in [5.74, 6) is 0. The lowest BCUT2D eigenvalue weighted by molar-refractivity contribution is 0.282. The number of unbranched alkanes of at least 4 members (excludes halogenated alkanes) is 3. The number of aromatic nitrogens is 2. The highest BCUT2D eigenvalue weighted by atomic mass is 16.2. The molecule has 0 spiro atoms. The van der Waals surface area contributed by atoms with E-state index in [-0.39, 0.29) is 0 Å². The van der Waals surface area contributed by atoms with Crippen LogP contribution in [0.1, 0.15) is 50.9 Å². The Balaban J connectivity index is 2.20. The topological polar surface area (TPSA) is 50.1 Å². The third kappa shape index (κ3) is 5.19. The van der Waals surface area contributed by atoms with Crippen molar-refractivity contribution < 1.29 is 5.11 Å². The first-order chi connectivity index (χ1) is 8.81. The van der Waals surface area contributed by atoms with Crippen molar-refractivity contribution in [1.29, 1.82) is 0 Å². The van der Waals surface area contributed by atoms with E-state index in [1.165, 1.54) is 24.2 Å². The Morgan fingerprint density at radius 2 is 2.00 bits per heavy atom. The van der Waals surface area contributed by atoms with Crippen LogP contribution in [0, 0.1) is 0 Å². The van der Waals surface area contributed by atoms with Gasteiger partial charge in [0.15, 0.2) is 0 Å². The molecular weight excluding hydrogens is 226 g/mol. The smallest absolute Gasteiger partial charge is 0.0625 e. The zero-order valence-corrected chi connectivity index (χ0v) is 11.8. The maximum atomic E-state index is 8.68. The van der Waals surface area contributed by atoms with Crippen LogP contribution in [-0.4, -0.2) is 28.0 Å². The highest BCUT2D eigenvalue weighted by Crippen LogP contribution is 2.05. The molecule has 18 heavy (non-hydrogen) atoms. The molecule has 1 aromatic heterocycles. The van der Waals surface area contributed by atoms with Crippen molar-refractivity contribution in [3.63, 3.8) is 0 Å². The van der Waals surface area contributed by atoms with Crippen molar-refractivity contribution in [1.82, 2.24) is 15.1 Å². The summed E-state index contributed by atoms with van der Waals surface area (Å²) in [6, 6.07) is 2.20. The van der Waals surface area contributed by atoms with Gasteiger partial charge in [0.05, 0.1) is 11.4 Å². The van der Waals surface area contributed by atoms with Crippen molar-refractivity contribution >= 4 is 0 Å². The van der Waals surface area contributed by atoms with E-state index in [4.69, 9.17) is 5.11 Å². The Morgan fingerprint density at radius 3 is 2.67 bits per heavy atom. The van der Waals surface area contributed by atoms with Gasteiger partial charge in [0.2, 0.25) is 0 Å². The average Bonchev–Trinajstić information content (AvgIpc) is 2.80. The number of aliphatic hydroxyl groups is 1. The van der Waals surface area contributed by atoms with Gasteiger partial charge < -0.3 is 10.4 Å². The van der Waals surface area contributed by atoms with Gasteiger partial charge >= 0.3 is 0 Å². The molecule has 0 unspecified atom stereocenters. The Hall–Kier alpha value is -0.870. The molecule has 1 heterocycles.